The molecule has 3 heterocycles. The Hall–Kier alpha value is -4.65. The Balaban J connectivity index is 1.26. The van der Waals surface area contributed by atoms with Crippen molar-refractivity contribution in [2.24, 2.45) is 0 Å². The molecule has 2 aromatic carbocycles. The predicted octanol–water partition coefficient (Wildman–Crippen LogP) is 4.06. The van der Waals surface area contributed by atoms with Crippen LogP contribution in [0, 0.1) is 0 Å². The van der Waals surface area contributed by atoms with Gasteiger partial charge in [0.1, 0.15) is 5.76 Å². The molecule has 1 aliphatic heterocycles. The van der Waals surface area contributed by atoms with E-state index in [-0.39, 0.29) is 43.7 Å². The number of furan rings is 1. The number of amides is 2. The molecule has 0 saturated carbocycles. The average molecular weight is 637 g/mol. The molecule has 1 atom stereocenters. The third kappa shape index (κ3) is 7.72. The molecular formula is C32H36N4O8S. The van der Waals surface area contributed by atoms with Crippen molar-refractivity contribution in [3.05, 3.63) is 70.4 Å². The molecule has 0 bridgehead atoms. The quantitative estimate of drug-likeness (QED) is 0.145. The molecule has 2 amide bonds. The number of benzene rings is 2. The van der Waals surface area contributed by atoms with Gasteiger partial charge in [-0.2, -0.15) is 0 Å². The summed E-state index contributed by atoms with van der Waals surface area (Å²) < 4.78 is 28.5. The van der Waals surface area contributed by atoms with E-state index in [9.17, 15) is 14.4 Å². The number of ether oxygens (including phenoxy) is 4. The van der Waals surface area contributed by atoms with Crippen molar-refractivity contribution in [1.29, 1.82) is 0 Å². The minimum atomic E-state index is -0.510. The van der Waals surface area contributed by atoms with Crippen LogP contribution in [0.1, 0.15) is 37.5 Å². The maximum Gasteiger partial charge on any atom is 0.262 e. The number of carbonyl (C=O) groups is 2. The lowest BCUT2D eigenvalue weighted by Gasteiger charge is -2.18. The number of hydrogen-bond acceptors (Lipinski definition) is 10. The van der Waals surface area contributed by atoms with Crippen LogP contribution in [-0.2, 0) is 29.1 Å². The van der Waals surface area contributed by atoms with Gasteiger partial charge in [0.2, 0.25) is 18.6 Å². The molecule has 0 aliphatic carbocycles. The third-order valence-corrected chi connectivity index (χ3v) is 8.67. The molecule has 0 fully saturated rings. The summed E-state index contributed by atoms with van der Waals surface area (Å²) in [5.74, 6) is 2.59. The number of fused-ring (bicyclic) bond motifs is 2. The van der Waals surface area contributed by atoms with Crippen LogP contribution in [0.2, 0.25) is 0 Å². The van der Waals surface area contributed by atoms with E-state index in [1.54, 1.807) is 44.7 Å². The number of nitrogens with zero attached hydrogens (tertiary/aromatic N) is 2. The minimum Gasteiger partial charge on any atom is -0.493 e. The Morgan fingerprint density at radius 2 is 1.87 bits per heavy atom. The van der Waals surface area contributed by atoms with Gasteiger partial charge in [0.15, 0.2) is 28.2 Å². The molecule has 0 saturated heterocycles. The maximum atomic E-state index is 13.8. The van der Waals surface area contributed by atoms with Crippen molar-refractivity contribution >= 4 is 34.5 Å². The Morgan fingerprint density at radius 3 is 2.60 bits per heavy atom. The zero-order valence-electron chi connectivity index (χ0n) is 25.4. The highest BCUT2D eigenvalue weighted by atomic mass is 32.2. The van der Waals surface area contributed by atoms with Crippen molar-refractivity contribution in [2.45, 2.75) is 56.1 Å². The predicted molar refractivity (Wildman–Crippen MR) is 168 cm³/mol. The molecular weight excluding hydrogens is 600 g/mol. The van der Waals surface area contributed by atoms with Gasteiger partial charge in [0.05, 0.1) is 43.2 Å². The lowest BCUT2D eigenvalue weighted by molar-refractivity contribution is -0.121. The van der Waals surface area contributed by atoms with Crippen LogP contribution in [0.15, 0.2) is 63.1 Å². The summed E-state index contributed by atoms with van der Waals surface area (Å²) in [5, 5.41) is 6.09. The lowest BCUT2D eigenvalue weighted by atomic mass is 10.1. The van der Waals surface area contributed by atoms with Crippen molar-refractivity contribution in [3.8, 4) is 23.0 Å². The molecule has 2 N–H and O–H groups in total. The molecule has 238 valence electrons. The number of methoxy groups -OCH3 is 2. The summed E-state index contributed by atoms with van der Waals surface area (Å²) in [5.41, 5.74) is 1.17. The molecule has 1 unspecified atom stereocenters. The first-order valence-electron chi connectivity index (χ1n) is 14.7. The van der Waals surface area contributed by atoms with E-state index in [0.717, 1.165) is 5.56 Å². The zero-order valence-corrected chi connectivity index (χ0v) is 26.2. The number of aromatic nitrogens is 2. The third-order valence-electron chi connectivity index (χ3n) is 7.31. The van der Waals surface area contributed by atoms with E-state index in [1.165, 1.54) is 16.3 Å². The fourth-order valence-electron chi connectivity index (χ4n) is 4.90. The van der Waals surface area contributed by atoms with Crippen molar-refractivity contribution < 1.29 is 33.0 Å². The highest BCUT2D eigenvalue weighted by molar-refractivity contribution is 8.00. The number of carbonyl (C=O) groups excluding carboxylic acids is 2. The molecule has 12 nitrogen and oxygen atoms in total. The van der Waals surface area contributed by atoms with Crippen LogP contribution in [0.4, 0.5) is 0 Å². The SMILES string of the molecule is CCC(Sc1nc2cc3c(cc2c(=O)n1CCCC(=O)NCCc1ccc(OC)c(OC)c1)OCO3)C(=O)NCc1ccco1. The molecule has 2 aromatic heterocycles. The number of hydrogen-bond donors (Lipinski definition) is 2. The Kier molecular flexibility index (Phi) is 10.5. The van der Waals surface area contributed by atoms with Gasteiger partial charge in [-0.15, -0.1) is 0 Å². The van der Waals surface area contributed by atoms with Gasteiger partial charge >= 0.3 is 0 Å². The highest BCUT2D eigenvalue weighted by Crippen LogP contribution is 2.35. The van der Waals surface area contributed by atoms with E-state index >= 15 is 0 Å². The van der Waals surface area contributed by atoms with Crippen LogP contribution in [0.3, 0.4) is 0 Å². The summed E-state index contributed by atoms with van der Waals surface area (Å²) in [6.45, 7) is 2.91. The largest absolute Gasteiger partial charge is 0.493 e. The second kappa shape index (κ2) is 14.9. The van der Waals surface area contributed by atoms with Crippen LogP contribution in [0.5, 0.6) is 23.0 Å². The fourth-order valence-corrected chi connectivity index (χ4v) is 5.96. The van der Waals surface area contributed by atoms with Gasteiger partial charge in [-0.1, -0.05) is 24.8 Å². The van der Waals surface area contributed by atoms with Crippen LogP contribution >= 0.6 is 11.8 Å². The molecule has 1 aliphatic rings. The van der Waals surface area contributed by atoms with Gasteiger partial charge < -0.3 is 34.0 Å². The summed E-state index contributed by atoms with van der Waals surface area (Å²) in [7, 11) is 3.16. The standard InChI is InChI=1S/C32H36N4O8S/c1-4-28(30(38)34-18-21-7-6-14-42-21)45-32-35-23-17-27-26(43-19-44-27)16-22(23)31(39)36(32)13-5-8-29(37)33-12-11-20-9-10-24(40-2)25(15-20)41-3/h6-7,9-10,14-17,28H,4-5,8,11-13,18-19H2,1-3H3,(H,33,37)(H,34,38). The van der Waals surface area contributed by atoms with E-state index in [2.05, 4.69) is 10.6 Å². The van der Waals surface area contributed by atoms with Crippen LogP contribution in [0.25, 0.3) is 10.9 Å². The summed E-state index contributed by atoms with van der Waals surface area (Å²) >= 11 is 1.22. The molecule has 13 heteroatoms. The minimum absolute atomic E-state index is 0.0658. The van der Waals surface area contributed by atoms with E-state index in [4.69, 9.17) is 28.3 Å². The molecule has 0 spiro atoms. The Bertz CT molecular complexity index is 1710. The van der Waals surface area contributed by atoms with Gasteiger partial charge in [-0.25, -0.2) is 4.98 Å². The highest BCUT2D eigenvalue weighted by Gasteiger charge is 2.24. The normalized spacial score (nSPS) is 12.6. The second-order valence-corrected chi connectivity index (χ2v) is 11.4. The topological polar surface area (TPSA) is 143 Å². The number of thioether (sulfide) groups is 1. The van der Waals surface area contributed by atoms with E-state index in [1.807, 2.05) is 25.1 Å². The summed E-state index contributed by atoms with van der Waals surface area (Å²) in [6.07, 6.45) is 3.29. The van der Waals surface area contributed by atoms with Gasteiger partial charge in [-0.3, -0.25) is 19.0 Å². The van der Waals surface area contributed by atoms with Crippen molar-refractivity contribution in [3.63, 3.8) is 0 Å². The molecule has 0 radical (unpaired) electrons. The summed E-state index contributed by atoms with van der Waals surface area (Å²) in [4.78, 5) is 44.3. The zero-order chi connectivity index (χ0) is 31.8. The maximum absolute atomic E-state index is 13.8. The smallest absolute Gasteiger partial charge is 0.262 e. The van der Waals surface area contributed by atoms with Crippen molar-refractivity contribution in [2.75, 3.05) is 27.6 Å². The van der Waals surface area contributed by atoms with E-state index < -0.39 is 5.25 Å². The van der Waals surface area contributed by atoms with Gasteiger partial charge in [-0.05, 0) is 55.2 Å². The number of nitrogens with one attached hydrogen (secondary N) is 2. The fraction of sp³-hybridized carbons (Fsp3) is 0.375. The monoisotopic (exact) mass is 636 g/mol. The number of rotatable bonds is 15. The first kappa shape index (κ1) is 31.8. The Morgan fingerprint density at radius 1 is 1.07 bits per heavy atom. The second-order valence-electron chi connectivity index (χ2n) is 10.3. The molecule has 4 aromatic rings. The van der Waals surface area contributed by atoms with Crippen LogP contribution < -0.4 is 35.1 Å². The Labute approximate surface area is 264 Å². The molecule has 45 heavy (non-hydrogen) atoms. The first-order valence-corrected chi connectivity index (χ1v) is 15.6. The first-order chi connectivity index (χ1) is 21.9. The van der Waals surface area contributed by atoms with E-state index in [0.29, 0.717) is 70.6 Å². The van der Waals surface area contributed by atoms with Gasteiger partial charge in [0, 0.05) is 25.6 Å². The van der Waals surface area contributed by atoms with Crippen LogP contribution in [-0.4, -0.2) is 54.2 Å². The molecule has 5 rings (SSSR count). The average Bonchev–Trinajstić information content (AvgIpc) is 3.75. The summed E-state index contributed by atoms with van der Waals surface area (Å²) in [6, 6.07) is 12.5. The van der Waals surface area contributed by atoms with Crippen molar-refractivity contribution in [1.82, 2.24) is 20.2 Å². The van der Waals surface area contributed by atoms with Gasteiger partial charge in [0.25, 0.3) is 5.56 Å². The lowest BCUT2D eigenvalue weighted by Crippen LogP contribution is -2.33.